The molecule has 1 atom stereocenters. The summed E-state index contributed by atoms with van der Waals surface area (Å²) >= 11 is 8.83. The number of piperazine rings is 1. The fourth-order valence-corrected chi connectivity index (χ4v) is 4.23. The minimum Gasteiger partial charge on any atom is -0.493 e. The Morgan fingerprint density at radius 2 is 1.97 bits per heavy atom. The van der Waals surface area contributed by atoms with Crippen LogP contribution in [0.1, 0.15) is 35.7 Å². The topological polar surface area (TPSA) is 97.0 Å². The molecule has 2 aromatic carbocycles. The van der Waals surface area contributed by atoms with Gasteiger partial charge in [0.25, 0.3) is 5.91 Å². The quantitative estimate of drug-likeness (QED) is 0.358. The summed E-state index contributed by atoms with van der Waals surface area (Å²) in [6.45, 7) is 3.34. The second kappa shape index (κ2) is 13.2. The number of carbonyl (C=O) groups excluding carboxylic acids is 3. The average Bonchev–Trinajstić information content (AvgIpc) is 2.85. The predicted molar refractivity (Wildman–Crippen MR) is 139 cm³/mol. The van der Waals surface area contributed by atoms with Crippen LogP contribution >= 0.6 is 28.1 Å². The Morgan fingerprint density at radius 3 is 2.71 bits per heavy atom. The Kier molecular flexibility index (Phi) is 10.0. The molecule has 1 heterocycles. The molecular formula is C25H28BrN3O5S. The highest BCUT2D eigenvalue weighted by Crippen LogP contribution is 2.24. The highest BCUT2D eigenvalue weighted by Gasteiger charge is 2.34. The molecule has 0 aromatic heterocycles. The van der Waals surface area contributed by atoms with E-state index < -0.39 is 17.9 Å². The first-order chi connectivity index (χ1) is 16.9. The van der Waals surface area contributed by atoms with Gasteiger partial charge in [0.2, 0.25) is 5.91 Å². The van der Waals surface area contributed by atoms with Gasteiger partial charge in [-0.3, -0.25) is 19.7 Å². The Morgan fingerprint density at radius 1 is 1.20 bits per heavy atom. The summed E-state index contributed by atoms with van der Waals surface area (Å²) in [5.41, 5.74) is 1.37. The van der Waals surface area contributed by atoms with Crippen LogP contribution in [0.2, 0.25) is 0 Å². The van der Waals surface area contributed by atoms with Crippen molar-refractivity contribution in [2.75, 3.05) is 26.3 Å². The summed E-state index contributed by atoms with van der Waals surface area (Å²) in [6.07, 6.45) is 1.19. The van der Waals surface area contributed by atoms with E-state index in [1.807, 2.05) is 37.3 Å². The monoisotopic (exact) mass is 561 g/mol. The normalized spacial score (nSPS) is 15.2. The molecule has 2 amide bonds. The first-order valence-electron chi connectivity index (χ1n) is 11.4. The zero-order valence-electron chi connectivity index (χ0n) is 19.4. The van der Waals surface area contributed by atoms with Crippen molar-refractivity contribution in [1.82, 2.24) is 15.5 Å². The van der Waals surface area contributed by atoms with Gasteiger partial charge >= 0.3 is 5.97 Å². The molecular weight excluding hydrogens is 534 g/mol. The van der Waals surface area contributed by atoms with E-state index in [2.05, 4.69) is 26.6 Å². The minimum absolute atomic E-state index is 0.0633. The number of carbonyl (C=O) groups is 3. The molecule has 10 heteroatoms. The van der Waals surface area contributed by atoms with Crippen molar-refractivity contribution in [3.63, 3.8) is 0 Å². The maximum atomic E-state index is 13.0. The number of thiocarbonyl (C=S) groups is 1. The number of halogens is 1. The molecule has 0 radical (unpaired) electrons. The molecule has 1 saturated heterocycles. The Bertz CT molecular complexity index is 1070. The van der Waals surface area contributed by atoms with Gasteiger partial charge in [-0.2, -0.15) is 0 Å². The fraction of sp³-hybridized carbons (Fsp3) is 0.360. The van der Waals surface area contributed by atoms with Gasteiger partial charge in [0.15, 0.2) is 5.11 Å². The van der Waals surface area contributed by atoms with Crippen LogP contribution in [0, 0.1) is 0 Å². The number of esters is 1. The number of nitrogens with zero attached hydrogens (tertiary/aromatic N) is 1. The number of hydrogen-bond acceptors (Lipinski definition) is 6. The van der Waals surface area contributed by atoms with Gasteiger partial charge < -0.3 is 19.7 Å². The maximum Gasteiger partial charge on any atom is 0.308 e. The number of benzene rings is 2. The van der Waals surface area contributed by atoms with Crippen LogP contribution in [-0.2, 0) is 20.7 Å². The molecule has 0 aliphatic carbocycles. The first-order valence-corrected chi connectivity index (χ1v) is 12.6. The molecule has 1 aliphatic rings. The minimum atomic E-state index is -0.876. The van der Waals surface area contributed by atoms with Crippen LogP contribution in [0.4, 0.5) is 0 Å². The van der Waals surface area contributed by atoms with Crippen molar-refractivity contribution in [2.24, 2.45) is 0 Å². The molecule has 1 fully saturated rings. The fourth-order valence-electron chi connectivity index (χ4n) is 3.56. The summed E-state index contributed by atoms with van der Waals surface area (Å²) in [5.74, 6) is -0.880. The summed E-state index contributed by atoms with van der Waals surface area (Å²) in [6, 6.07) is 13.9. The number of hydrogen-bond donors (Lipinski definition) is 2. The van der Waals surface area contributed by atoms with E-state index in [0.717, 1.165) is 12.0 Å². The maximum absolute atomic E-state index is 13.0. The largest absolute Gasteiger partial charge is 0.493 e. The number of ether oxygens (including phenoxy) is 2. The van der Waals surface area contributed by atoms with Gasteiger partial charge in [0.1, 0.15) is 11.8 Å². The van der Waals surface area contributed by atoms with E-state index in [0.29, 0.717) is 41.9 Å². The highest BCUT2D eigenvalue weighted by atomic mass is 79.9. The Balaban J connectivity index is 1.62. The van der Waals surface area contributed by atoms with Crippen molar-refractivity contribution < 1.29 is 23.9 Å². The third kappa shape index (κ3) is 7.76. The van der Waals surface area contributed by atoms with E-state index in [9.17, 15) is 14.4 Å². The molecule has 0 bridgehead atoms. The lowest BCUT2D eigenvalue weighted by Gasteiger charge is -2.36. The van der Waals surface area contributed by atoms with Crippen LogP contribution in [0.5, 0.6) is 5.75 Å². The van der Waals surface area contributed by atoms with Crippen LogP contribution in [0.25, 0.3) is 0 Å². The summed E-state index contributed by atoms with van der Waals surface area (Å²) < 4.78 is 11.7. The molecule has 0 spiro atoms. The van der Waals surface area contributed by atoms with E-state index >= 15 is 0 Å². The zero-order valence-corrected chi connectivity index (χ0v) is 21.8. The third-order valence-electron chi connectivity index (χ3n) is 5.32. The predicted octanol–water partition coefficient (Wildman–Crippen LogP) is 3.23. The van der Waals surface area contributed by atoms with E-state index in [1.54, 1.807) is 23.1 Å². The second-order valence-electron chi connectivity index (χ2n) is 7.91. The van der Waals surface area contributed by atoms with Crippen molar-refractivity contribution >= 4 is 51.0 Å². The van der Waals surface area contributed by atoms with Crippen LogP contribution in [0.15, 0.2) is 53.0 Å². The lowest BCUT2D eigenvalue weighted by atomic mass is 10.1. The molecule has 0 saturated carbocycles. The molecule has 3 rings (SSSR count). The van der Waals surface area contributed by atoms with Gasteiger partial charge in [-0.1, -0.05) is 53.2 Å². The van der Waals surface area contributed by atoms with Gasteiger partial charge in [0.05, 0.1) is 25.2 Å². The zero-order chi connectivity index (χ0) is 25.2. The molecule has 2 N–H and O–H groups in total. The molecule has 35 heavy (non-hydrogen) atoms. The van der Waals surface area contributed by atoms with Crippen molar-refractivity contribution in [3.05, 3.63) is 64.1 Å². The lowest BCUT2D eigenvalue weighted by molar-refractivity contribution is -0.147. The number of amides is 2. The molecule has 186 valence electrons. The standard InChI is InChI=1S/C25H28BrN3O5S/c1-2-13-33-21-9-8-18(26)15-19(21)23(31)28-25(35)29-12-11-27-24(32)20(29)16-22(30)34-14-10-17-6-4-3-5-7-17/h3-9,15,20H,2,10-14,16H2,1H3,(H,27,32)(H,28,31,35). The van der Waals surface area contributed by atoms with Gasteiger partial charge in [0, 0.05) is 24.0 Å². The summed E-state index contributed by atoms with van der Waals surface area (Å²) in [4.78, 5) is 39.6. The number of rotatable bonds is 9. The van der Waals surface area contributed by atoms with Crippen molar-refractivity contribution in [1.29, 1.82) is 0 Å². The smallest absolute Gasteiger partial charge is 0.308 e. The molecule has 2 aromatic rings. The van der Waals surface area contributed by atoms with Crippen LogP contribution < -0.4 is 15.4 Å². The third-order valence-corrected chi connectivity index (χ3v) is 6.15. The van der Waals surface area contributed by atoms with Gasteiger partial charge in [-0.05, 0) is 42.4 Å². The second-order valence-corrected chi connectivity index (χ2v) is 9.21. The average molecular weight is 562 g/mol. The Labute approximate surface area is 218 Å². The van der Waals surface area contributed by atoms with Crippen LogP contribution in [0.3, 0.4) is 0 Å². The molecule has 1 unspecified atom stereocenters. The lowest BCUT2D eigenvalue weighted by Crippen LogP contribution is -2.60. The Hall–Kier alpha value is -2.98. The SMILES string of the molecule is CCCOc1ccc(Br)cc1C(=O)NC(=S)N1CCNC(=O)C1CC(=O)OCCc1ccccc1. The number of nitrogens with one attached hydrogen (secondary N) is 2. The van der Waals surface area contributed by atoms with E-state index in [1.165, 1.54) is 0 Å². The van der Waals surface area contributed by atoms with E-state index in [4.69, 9.17) is 21.7 Å². The summed E-state index contributed by atoms with van der Waals surface area (Å²) in [7, 11) is 0. The first kappa shape index (κ1) is 26.6. The van der Waals surface area contributed by atoms with Gasteiger partial charge in [-0.25, -0.2) is 0 Å². The van der Waals surface area contributed by atoms with Crippen molar-refractivity contribution in [2.45, 2.75) is 32.2 Å². The molecule has 1 aliphatic heterocycles. The van der Waals surface area contributed by atoms with Gasteiger partial charge in [-0.15, -0.1) is 0 Å². The van der Waals surface area contributed by atoms with E-state index in [-0.39, 0.29) is 24.0 Å². The highest BCUT2D eigenvalue weighted by molar-refractivity contribution is 9.10. The molecule has 8 nitrogen and oxygen atoms in total. The van der Waals surface area contributed by atoms with Crippen LogP contribution in [-0.4, -0.2) is 60.1 Å². The summed E-state index contributed by atoms with van der Waals surface area (Å²) in [5, 5.41) is 5.49. The van der Waals surface area contributed by atoms with Crippen molar-refractivity contribution in [3.8, 4) is 5.75 Å².